The molecule has 72 valence electrons. The number of nitrogens with two attached hydrogens (primary N) is 1. The van der Waals surface area contributed by atoms with E-state index in [-0.39, 0.29) is 5.69 Å². The molecular formula is C9H12FNO2. The van der Waals surface area contributed by atoms with Gasteiger partial charge in [0.1, 0.15) is 18.2 Å². The molecule has 0 saturated heterocycles. The Morgan fingerprint density at radius 3 is 2.77 bits per heavy atom. The minimum Gasteiger partial charge on any atom is -0.491 e. The average molecular weight is 185 g/mol. The topological polar surface area (TPSA) is 44.5 Å². The summed E-state index contributed by atoms with van der Waals surface area (Å²) in [6.07, 6.45) is 0. The summed E-state index contributed by atoms with van der Waals surface area (Å²) in [4.78, 5) is 0. The molecule has 0 fully saturated rings. The van der Waals surface area contributed by atoms with Gasteiger partial charge in [0.15, 0.2) is 0 Å². The van der Waals surface area contributed by atoms with Crippen LogP contribution in [0.15, 0.2) is 18.2 Å². The van der Waals surface area contributed by atoms with E-state index < -0.39 is 5.82 Å². The number of ether oxygens (including phenoxy) is 2. The second-order valence-electron chi connectivity index (χ2n) is 2.52. The summed E-state index contributed by atoms with van der Waals surface area (Å²) in [6.45, 7) is 0.929. The summed E-state index contributed by atoms with van der Waals surface area (Å²) in [5.74, 6) is 0.120. The minimum absolute atomic E-state index is 0.0925. The van der Waals surface area contributed by atoms with Gasteiger partial charge in [-0.05, 0) is 12.1 Å². The van der Waals surface area contributed by atoms with Crippen LogP contribution in [0.3, 0.4) is 0 Å². The van der Waals surface area contributed by atoms with Crippen LogP contribution in [-0.4, -0.2) is 20.3 Å². The average Bonchev–Trinajstić information content (AvgIpc) is 2.12. The maximum atomic E-state index is 12.7. The van der Waals surface area contributed by atoms with Crippen LogP contribution >= 0.6 is 0 Å². The molecule has 2 N–H and O–H groups in total. The highest BCUT2D eigenvalue weighted by Gasteiger charge is 1.99. The molecule has 0 bridgehead atoms. The van der Waals surface area contributed by atoms with Crippen molar-refractivity contribution in [3.63, 3.8) is 0 Å². The predicted molar refractivity (Wildman–Crippen MR) is 48.2 cm³/mol. The van der Waals surface area contributed by atoms with Gasteiger partial charge in [-0.25, -0.2) is 4.39 Å². The number of hydrogen-bond donors (Lipinski definition) is 1. The first-order chi connectivity index (χ1) is 6.24. The summed E-state index contributed by atoms with van der Waals surface area (Å²) in [6, 6.07) is 4.25. The van der Waals surface area contributed by atoms with E-state index in [1.807, 2.05) is 0 Å². The molecular weight excluding hydrogens is 173 g/mol. The van der Waals surface area contributed by atoms with E-state index in [0.29, 0.717) is 19.0 Å². The van der Waals surface area contributed by atoms with Crippen molar-refractivity contribution in [3.8, 4) is 5.75 Å². The Balaban J connectivity index is 2.53. The number of halogens is 1. The highest BCUT2D eigenvalue weighted by atomic mass is 19.1. The zero-order valence-corrected chi connectivity index (χ0v) is 7.42. The molecule has 0 radical (unpaired) electrons. The lowest BCUT2D eigenvalue weighted by atomic mass is 10.3. The molecule has 0 aliphatic heterocycles. The first-order valence-corrected chi connectivity index (χ1v) is 3.91. The summed E-state index contributed by atoms with van der Waals surface area (Å²) < 4.78 is 22.7. The number of rotatable bonds is 4. The largest absolute Gasteiger partial charge is 0.491 e. The molecule has 0 aliphatic carbocycles. The van der Waals surface area contributed by atoms with E-state index in [1.54, 1.807) is 7.11 Å². The second-order valence-corrected chi connectivity index (χ2v) is 2.52. The van der Waals surface area contributed by atoms with Crippen molar-refractivity contribution in [2.45, 2.75) is 0 Å². The van der Waals surface area contributed by atoms with Gasteiger partial charge in [-0.15, -0.1) is 0 Å². The molecule has 0 aromatic heterocycles. The molecule has 0 saturated carbocycles. The Hall–Kier alpha value is -1.29. The molecule has 3 nitrogen and oxygen atoms in total. The van der Waals surface area contributed by atoms with Crippen LogP contribution < -0.4 is 10.5 Å². The Labute approximate surface area is 76.3 Å². The predicted octanol–water partition coefficient (Wildman–Crippen LogP) is 1.43. The van der Waals surface area contributed by atoms with Crippen molar-refractivity contribution in [1.29, 1.82) is 0 Å². The molecule has 13 heavy (non-hydrogen) atoms. The lowest BCUT2D eigenvalue weighted by molar-refractivity contribution is 0.146. The minimum atomic E-state index is -0.431. The number of nitrogen functional groups attached to an aromatic ring is 1. The van der Waals surface area contributed by atoms with Crippen molar-refractivity contribution in [1.82, 2.24) is 0 Å². The SMILES string of the molecule is COCCOc1ccc(F)c(N)c1. The highest BCUT2D eigenvalue weighted by Crippen LogP contribution is 2.17. The van der Waals surface area contributed by atoms with Crippen molar-refractivity contribution in [2.75, 3.05) is 26.1 Å². The van der Waals surface area contributed by atoms with Crippen LogP contribution in [0.2, 0.25) is 0 Å². The van der Waals surface area contributed by atoms with Crippen LogP contribution in [0.5, 0.6) is 5.75 Å². The molecule has 4 heteroatoms. The van der Waals surface area contributed by atoms with Gasteiger partial charge in [0.25, 0.3) is 0 Å². The van der Waals surface area contributed by atoms with Crippen LogP contribution in [0.1, 0.15) is 0 Å². The quantitative estimate of drug-likeness (QED) is 0.570. The third-order valence-electron chi connectivity index (χ3n) is 1.52. The Kier molecular flexibility index (Phi) is 3.52. The Morgan fingerprint density at radius 2 is 2.15 bits per heavy atom. The van der Waals surface area contributed by atoms with Gasteiger partial charge in [0, 0.05) is 13.2 Å². The number of hydrogen-bond acceptors (Lipinski definition) is 3. The lowest BCUT2D eigenvalue weighted by Gasteiger charge is -2.05. The Bertz CT molecular complexity index is 278. The van der Waals surface area contributed by atoms with Crippen LogP contribution in [0, 0.1) is 5.82 Å². The maximum absolute atomic E-state index is 12.7. The molecule has 1 aromatic rings. The summed E-state index contributed by atoms with van der Waals surface area (Å²) >= 11 is 0. The van der Waals surface area contributed by atoms with Gasteiger partial charge in [0.2, 0.25) is 0 Å². The molecule has 1 aromatic carbocycles. The van der Waals surface area contributed by atoms with Crippen LogP contribution in [0.25, 0.3) is 0 Å². The fourth-order valence-corrected chi connectivity index (χ4v) is 0.854. The monoisotopic (exact) mass is 185 g/mol. The number of methoxy groups -OCH3 is 1. The third-order valence-corrected chi connectivity index (χ3v) is 1.52. The van der Waals surface area contributed by atoms with E-state index in [0.717, 1.165) is 0 Å². The van der Waals surface area contributed by atoms with Crippen LogP contribution in [0.4, 0.5) is 10.1 Å². The van der Waals surface area contributed by atoms with Gasteiger partial charge in [-0.1, -0.05) is 0 Å². The highest BCUT2D eigenvalue weighted by molar-refractivity contribution is 5.45. The summed E-state index contributed by atoms with van der Waals surface area (Å²) in [5, 5.41) is 0. The van der Waals surface area contributed by atoms with E-state index >= 15 is 0 Å². The summed E-state index contributed by atoms with van der Waals surface area (Å²) in [5.41, 5.74) is 5.43. The smallest absolute Gasteiger partial charge is 0.146 e. The molecule has 0 heterocycles. The van der Waals surface area contributed by atoms with Gasteiger partial charge in [-0.3, -0.25) is 0 Å². The van der Waals surface area contributed by atoms with Crippen molar-refractivity contribution < 1.29 is 13.9 Å². The van der Waals surface area contributed by atoms with Gasteiger partial charge >= 0.3 is 0 Å². The fraction of sp³-hybridized carbons (Fsp3) is 0.333. The fourth-order valence-electron chi connectivity index (χ4n) is 0.854. The van der Waals surface area contributed by atoms with E-state index in [9.17, 15) is 4.39 Å². The standard InChI is InChI=1S/C9H12FNO2/c1-12-4-5-13-7-2-3-8(10)9(11)6-7/h2-3,6H,4-5,11H2,1H3. The first-order valence-electron chi connectivity index (χ1n) is 3.91. The molecule has 1 rings (SSSR count). The van der Waals surface area contributed by atoms with Gasteiger partial charge in [0.05, 0.1) is 12.3 Å². The van der Waals surface area contributed by atoms with Crippen molar-refractivity contribution >= 4 is 5.69 Å². The molecule has 0 spiro atoms. The van der Waals surface area contributed by atoms with Gasteiger partial charge < -0.3 is 15.2 Å². The summed E-state index contributed by atoms with van der Waals surface area (Å²) in [7, 11) is 1.59. The van der Waals surface area contributed by atoms with Crippen LogP contribution in [-0.2, 0) is 4.74 Å². The molecule has 0 aliphatic rings. The molecule has 0 atom stereocenters. The lowest BCUT2D eigenvalue weighted by Crippen LogP contribution is -2.04. The normalized spacial score (nSPS) is 10.0. The van der Waals surface area contributed by atoms with Gasteiger partial charge in [-0.2, -0.15) is 0 Å². The van der Waals surface area contributed by atoms with E-state index in [1.165, 1.54) is 18.2 Å². The third kappa shape index (κ3) is 2.91. The van der Waals surface area contributed by atoms with Crippen molar-refractivity contribution in [2.24, 2.45) is 0 Å². The number of anilines is 1. The first kappa shape index (κ1) is 9.80. The Morgan fingerprint density at radius 1 is 1.38 bits per heavy atom. The van der Waals surface area contributed by atoms with E-state index in [4.69, 9.17) is 15.2 Å². The zero-order valence-electron chi connectivity index (χ0n) is 7.42. The molecule has 0 unspecified atom stereocenters. The maximum Gasteiger partial charge on any atom is 0.146 e. The zero-order chi connectivity index (χ0) is 9.68. The van der Waals surface area contributed by atoms with E-state index in [2.05, 4.69) is 0 Å². The van der Waals surface area contributed by atoms with Crippen molar-refractivity contribution in [3.05, 3.63) is 24.0 Å². The molecule has 0 amide bonds. The second kappa shape index (κ2) is 4.67. The number of benzene rings is 1.